The SMILES string of the molecule is COCCOCCOCCSc1cc(Nc2cc(Oc3ccc(NC(=O)Nc4cc(C(C)(C)C)cc(NSC)c4OC)c4ccccc34)ccn2)cc(OC)c1. The third kappa shape index (κ3) is 12.1. The number of nitrogens with one attached hydrogen (secondary N) is 4. The van der Waals surface area contributed by atoms with Crippen LogP contribution in [-0.2, 0) is 19.6 Å². The molecule has 2 amide bonds. The summed E-state index contributed by atoms with van der Waals surface area (Å²) in [6.07, 6.45) is 3.63. The topological polar surface area (TPSA) is 133 Å². The molecule has 56 heavy (non-hydrogen) atoms. The molecular formula is C42H51N5O7S2. The minimum absolute atomic E-state index is 0.152. The molecule has 0 aliphatic carbocycles. The van der Waals surface area contributed by atoms with E-state index in [0.29, 0.717) is 67.5 Å². The van der Waals surface area contributed by atoms with Crippen LogP contribution in [0, 0.1) is 0 Å². The van der Waals surface area contributed by atoms with Gasteiger partial charge in [0.25, 0.3) is 0 Å². The van der Waals surface area contributed by atoms with Crippen LogP contribution in [0.3, 0.4) is 0 Å². The van der Waals surface area contributed by atoms with Crippen molar-refractivity contribution in [1.82, 2.24) is 4.98 Å². The minimum Gasteiger partial charge on any atom is -0.497 e. The first-order valence-corrected chi connectivity index (χ1v) is 20.3. The summed E-state index contributed by atoms with van der Waals surface area (Å²) in [5.74, 6) is 3.86. The van der Waals surface area contributed by atoms with Gasteiger partial charge in [0.1, 0.15) is 23.1 Å². The lowest BCUT2D eigenvalue weighted by Gasteiger charge is -2.24. The second kappa shape index (κ2) is 20.9. The second-order valence-electron chi connectivity index (χ2n) is 13.5. The maximum atomic E-state index is 13.5. The summed E-state index contributed by atoms with van der Waals surface area (Å²) in [7, 11) is 4.89. The van der Waals surface area contributed by atoms with E-state index < -0.39 is 6.03 Å². The van der Waals surface area contributed by atoms with Crippen LogP contribution in [0.1, 0.15) is 26.3 Å². The zero-order valence-electron chi connectivity index (χ0n) is 32.9. The molecule has 14 heteroatoms. The van der Waals surface area contributed by atoms with Crippen LogP contribution in [0.15, 0.2) is 90.0 Å². The Balaban J connectivity index is 1.26. The zero-order valence-corrected chi connectivity index (χ0v) is 34.6. The molecule has 0 radical (unpaired) electrons. The van der Waals surface area contributed by atoms with E-state index in [4.69, 9.17) is 28.4 Å². The summed E-state index contributed by atoms with van der Waals surface area (Å²) in [4.78, 5) is 19.1. The smallest absolute Gasteiger partial charge is 0.323 e. The van der Waals surface area contributed by atoms with Gasteiger partial charge in [-0.25, -0.2) is 9.78 Å². The number of carbonyl (C=O) groups excluding carboxylic acids is 1. The first-order valence-electron chi connectivity index (χ1n) is 18.1. The number of fused-ring (bicyclic) bond motifs is 1. The van der Waals surface area contributed by atoms with Crippen molar-refractivity contribution >= 4 is 69.1 Å². The van der Waals surface area contributed by atoms with Crippen LogP contribution < -0.4 is 34.9 Å². The highest BCUT2D eigenvalue weighted by Crippen LogP contribution is 2.40. The van der Waals surface area contributed by atoms with Gasteiger partial charge in [-0.1, -0.05) is 57.0 Å². The molecule has 0 saturated heterocycles. The number of benzene rings is 4. The number of aromatic nitrogens is 1. The molecule has 4 aromatic carbocycles. The first kappa shape index (κ1) is 42.3. The maximum Gasteiger partial charge on any atom is 0.323 e. The number of hydrogen-bond acceptors (Lipinski definition) is 12. The molecule has 12 nitrogen and oxygen atoms in total. The van der Waals surface area contributed by atoms with Crippen LogP contribution in [0.2, 0.25) is 0 Å². The summed E-state index contributed by atoms with van der Waals surface area (Å²) >= 11 is 3.13. The molecule has 0 aliphatic rings. The number of methoxy groups -OCH3 is 3. The highest BCUT2D eigenvalue weighted by Gasteiger charge is 2.21. The van der Waals surface area contributed by atoms with Crippen molar-refractivity contribution in [3.05, 3.63) is 90.6 Å². The van der Waals surface area contributed by atoms with Crippen molar-refractivity contribution in [2.24, 2.45) is 0 Å². The number of nitrogens with zero attached hydrogens (tertiary/aromatic N) is 1. The number of anilines is 5. The van der Waals surface area contributed by atoms with Crippen LogP contribution in [0.25, 0.3) is 10.8 Å². The molecule has 0 aliphatic heterocycles. The molecular weight excluding hydrogens is 751 g/mol. The number of urea groups is 1. The zero-order chi connectivity index (χ0) is 39.9. The summed E-state index contributed by atoms with van der Waals surface area (Å²) in [5, 5.41) is 11.1. The normalized spacial score (nSPS) is 11.3. The van der Waals surface area contributed by atoms with Gasteiger partial charge in [-0.15, -0.1) is 11.8 Å². The van der Waals surface area contributed by atoms with Gasteiger partial charge in [0.2, 0.25) is 0 Å². The Morgan fingerprint density at radius 3 is 2.21 bits per heavy atom. The van der Waals surface area contributed by atoms with E-state index in [2.05, 4.69) is 46.4 Å². The average Bonchev–Trinajstić information content (AvgIpc) is 3.18. The molecule has 0 atom stereocenters. The number of pyridine rings is 1. The molecule has 298 valence electrons. The fraction of sp³-hybridized carbons (Fsp3) is 0.333. The third-order valence-corrected chi connectivity index (χ3v) is 9.76. The molecule has 5 aromatic rings. The number of amides is 2. The minimum atomic E-state index is -0.403. The number of thioether (sulfide) groups is 1. The molecule has 0 unspecified atom stereocenters. The average molecular weight is 802 g/mol. The summed E-state index contributed by atoms with van der Waals surface area (Å²) in [6, 6.07) is 24.6. The Morgan fingerprint density at radius 1 is 0.750 bits per heavy atom. The monoisotopic (exact) mass is 801 g/mol. The molecule has 4 N–H and O–H groups in total. The van der Waals surface area contributed by atoms with Gasteiger partial charge in [-0.05, 0) is 53.4 Å². The lowest BCUT2D eigenvalue weighted by molar-refractivity contribution is 0.0286. The van der Waals surface area contributed by atoms with Crippen molar-refractivity contribution in [3.63, 3.8) is 0 Å². The first-order chi connectivity index (χ1) is 27.1. The maximum absolute atomic E-state index is 13.5. The fourth-order valence-corrected chi connectivity index (χ4v) is 6.87. The number of ether oxygens (including phenoxy) is 6. The predicted molar refractivity (Wildman–Crippen MR) is 230 cm³/mol. The lowest BCUT2D eigenvalue weighted by Crippen LogP contribution is -2.21. The van der Waals surface area contributed by atoms with E-state index >= 15 is 0 Å². The molecule has 0 spiro atoms. The molecule has 0 bridgehead atoms. The lowest BCUT2D eigenvalue weighted by atomic mass is 9.86. The van der Waals surface area contributed by atoms with Crippen LogP contribution >= 0.6 is 23.7 Å². The van der Waals surface area contributed by atoms with Gasteiger partial charge in [0, 0.05) is 58.8 Å². The Hall–Kier alpha value is -4.86. The van der Waals surface area contributed by atoms with Gasteiger partial charge in [0.15, 0.2) is 5.75 Å². The number of carbonyl (C=O) groups is 1. The van der Waals surface area contributed by atoms with Gasteiger partial charge >= 0.3 is 6.03 Å². The van der Waals surface area contributed by atoms with Gasteiger partial charge in [-0.3, -0.25) is 0 Å². The van der Waals surface area contributed by atoms with E-state index in [-0.39, 0.29) is 5.41 Å². The van der Waals surface area contributed by atoms with Crippen molar-refractivity contribution in [2.45, 2.75) is 31.1 Å². The summed E-state index contributed by atoms with van der Waals surface area (Å²) in [5.41, 5.74) is 3.69. The summed E-state index contributed by atoms with van der Waals surface area (Å²) < 4.78 is 37.1. The third-order valence-electron chi connectivity index (χ3n) is 8.40. The molecule has 5 rings (SSSR count). The van der Waals surface area contributed by atoms with E-state index in [9.17, 15) is 4.79 Å². The van der Waals surface area contributed by atoms with Gasteiger partial charge in [-0.2, -0.15) is 0 Å². The standard InChI is InChI=1S/C42H51N5O7S2/c1-42(2,3)28-22-36(40(51-6)37(23-28)47-55-7)46-41(48)45-35-12-13-38(34-11-9-8-10-33(34)35)54-30-14-15-43-39(27-30)44-29-24-31(50-5)26-32(25-29)56-21-20-53-19-18-52-17-16-49-4/h8-15,22-27,47H,16-21H2,1-7H3,(H,43,44)(H2,45,46,48). The highest BCUT2D eigenvalue weighted by atomic mass is 32.2. The molecule has 1 aromatic heterocycles. The Kier molecular flexibility index (Phi) is 15.8. The Labute approximate surface area is 337 Å². The summed E-state index contributed by atoms with van der Waals surface area (Å²) in [6.45, 7) is 9.18. The largest absolute Gasteiger partial charge is 0.497 e. The van der Waals surface area contributed by atoms with Crippen LogP contribution in [-0.4, -0.2) is 77.4 Å². The highest BCUT2D eigenvalue weighted by molar-refractivity contribution is 7.99. The number of rotatable bonds is 20. The number of hydrogen-bond donors (Lipinski definition) is 4. The fourth-order valence-electron chi connectivity index (χ4n) is 5.65. The van der Waals surface area contributed by atoms with E-state index in [1.165, 1.54) is 11.9 Å². The van der Waals surface area contributed by atoms with E-state index in [1.54, 1.807) is 45.4 Å². The van der Waals surface area contributed by atoms with Crippen molar-refractivity contribution < 1.29 is 33.2 Å². The quantitative estimate of drug-likeness (QED) is 0.0339. The van der Waals surface area contributed by atoms with Crippen molar-refractivity contribution in [3.8, 4) is 23.0 Å². The molecule has 0 fully saturated rings. The van der Waals surface area contributed by atoms with E-state index in [0.717, 1.165) is 44.1 Å². The van der Waals surface area contributed by atoms with E-state index in [1.807, 2.05) is 79.1 Å². The van der Waals surface area contributed by atoms with Gasteiger partial charge < -0.3 is 49.1 Å². The van der Waals surface area contributed by atoms with Crippen molar-refractivity contribution in [1.29, 1.82) is 0 Å². The molecule has 0 saturated carbocycles. The van der Waals surface area contributed by atoms with Gasteiger partial charge in [0.05, 0.1) is 64.3 Å². The Bertz CT molecular complexity index is 2060. The van der Waals surface area contributed by atoms with Crippen LogP contribution in [0.5, 0.6) is 23.0 Å². The second-order valence-corrected chi connectivity index (χ2v) is 15.2. The predicted octanol–water partition coefficient (Wildman–Crippen LogP) is 10.2. The van der Waals surface area contributed by atoms with Crippen molar-refractivity contribution in [2.75, 3.05) is 87.0 Å². The Morgan fingerprint density at radius 2 is 1.48 bits per heavy atom. The van der Waals surface area contributed by atoms with Crippen LogP contribution in [0.4, 0.5) is 33.4 Å². The molecule has 1 heterocycles.